The Bertz CT molecular complexity index is 1550. The number of aromatic nitrogens is 2. The molecule has 4 aromatic rings. The van der Waals surface area contributed by atoms with Crippen LogP contribution in [0.1, 0.15) is 47.9 Å². The molecule has 2 aliphatic carbocycles. The molecule has 1 saturated heterocycles. The molecule has 1 aliphatic heterocycles. The van der Waals surface area contributed by atoms with Crippen molar-refractivity contribution >= 4 is 48.2 Å². The Labute approximate surface area is 209 Å². The number of aryl methyl sites for hydroxylation is 2. The normalized spacial score (nSPS) is 19.4. The van der Waals surface area contributed by atoms with Crippen LogP contribution in [0.2, 0.25) is 0 Å². The number of rotatable bonds is 4. The van der Waals surface area contributed by atoms with E-state index in [1.807, 2.05) is 41.7 Å². The van der Waals surface area contributed by atoms with Gasteiger partial charge in [-0.3, -0.25) is 0 Å². The van der Waals surface area contributed by atoms with Gasteiger partial charge in [0.15, 0.2) is 0 Å². The van der Waals surface area contributed by atoms with E-state index in [4.69, 9.17) is 9.97 Å². The van der Waals surface area contributed by atoms with Gasteiger partial charge in [0.2, 0.25) is 10.0 Å². The van der Waals surface area contributed by atoms with Gasteiger partial charge in [0.1, 0.15) is 16.5 Å². The quantitative estimate of drug-likeness (QED) is 0.386. The second-order valence-corrected chi connectivity index (χ2v) is 13.0. The summed E-state index contributed by atoms with van der Waals surface area (Å²) in [7, 11) is -3.54. The molecule has 0 N–H and O–H groups in total. The van der Waals surface area contributed by atoms with Crippen molar-refractivity contribution < 1.29 is 8.42 Å². The second kappa shape index (κ2) is 8.25. The number of hydrogen-bond acceptors (Lipinski definition) is 6. The van der Waals surface area contributed by atoms with Gasteiger partial charge < -0.3 is 4.90 Å². The molecular formula is C27H28N4O2S2. The van der Waals surface area contributed by atoms with Gasteiger partial charge in [-0.05, 0) is 67.0 Å². The van der Waals surface area contributed by atoms with Crippen LogP contribution in [0.3, 0.4) is 0 Å². The summed E-state index contributed by atoms with van der Waals surface area (Å²) in [4.78, 5) is 15.4. The maximum atomic E-state index is 13.5. The zero-order chi connectivity index (χ0) is 23.6. The van der Waals surface area contributed by atoms with Crippen molar-refractivity contribution in [1.82, 2.24) is 14.3 Å². The number of anilines is 1. The maximum absolute atomic E-state index is 13.5. The Morgan fingerprint density at radius 3 is 2.46 bits per heavy atom. The van der Waals surface area contributed by atoms with Gasteiger partial charge in [-0.15, -0.1) is 11.3 Å². The van der Waals surface area contributed by atoms with Gasteiger partial charge in [0, 0.05) is 37.0 Å². The average Bonchev–Trinajstić information content (AvgIpc) is 3.68. The molecule has 0 radical (unpaired) electrons. The van der Waals surface area contributed by atoms with Crippen molar-refractivity contribution in [1.29, 1.82) is 0 Å². The fourth-order valence-electron chi connectivity index (χ4n) is 5.52. The van der Waals surface area contributed by atoms with E-state index in [9.17, 15) is 8.42 Å². The molecule has 180 valence electrons. The van der Waals surface area contributed by atoms with Gasteiger partial charge in [0.05, 0.1) is 10.3 Å². The fraction of sp³-hybridized carbons (Fsp3) is 0.407. The molecule has 0 atom stereocenters. The molecule has 0 bridgehead atoms. The number of nitrogens with zero attached hydrogens (tertiary/aromatic N) is 4. The van der Waals surface area contributed by atoms with Crippen LogP contribution in [0.4, 0.5) is 5.82 Å². The molecule has 8 heteroatoms. The molecule has 3 heterocycles. The van der Waals surface area contributed by atoms with Gasteiger partial charge in [-0.25, -0.2) is 18.4 Å². The highest BCUT2D eigenvalue weighted by Crippen LogP contribution is 2.44. The molecule has 7 rings (SSSR count). The fourth-order valence-corrected chi connectivity index (χ4v) is 8.25. The van der Waals surface area contributed by atoms with Crippen molar-refractivity contribution in [3.63, 3.8) is 0 Å². The minimum Gasteiger partial charge on any atom is -0.353 e. The molecule has 35 heavy (non-hydrogen) atoms. The molecule has 2 fully saturated rings. The number of hydrogen-bond donors (Lipinski definition) is 0. The van der Waals surface area contributed by atoms with Crippen LogP contribution < -0.4 is 4.90 Å². The third-order valence-electron chi connectivity index (χ3n) is 7.65. The number of sulfonamides is 1. The molecule has 0 spiro atoms. The van der Waals surface area contributed by atoms with Crippen molar-refractivity contribution in [2.24, 2.45) is 0 Å². The molecule has 2 aromatic heterocycles. The summed E-state index contributed by atoms with van der Waals surface area (Å²) in [6, 6.07) is 13.3. The molecule has 0 amide bonds. The van der Waals surface area contributed by atoms with E-state index in [1.54, 1.807) is 16.4 Å². The summed E-state index contributed by atoms with van der Waals surface area (Å²) in [6.07, 6.45) is 7.07. The molecule has 2 aromatic carbocycles. The van der Waals surface area contributed by atoms with Crippen molar-refractivity contribution in [2.75, 3.05) is 31.1 Å². The molecule has 1 saturated carbocycles. The lowest BCUT2D eigenvalue weighted by Gasteiger charge is -2.35. The van der Waals surface area contributed by atoms with E-state index in [-0.39, 0.29) is 0 Å². The van der Waals surface area contributed by atoms with Crippen molar-refractivity contribution in [3.8, 4) is 0 Å². The highest BCUT2D eigenvalue weighted by atomic mass is 32.2. The molecular weight excluding hydrogens is 476 g/mol. The van der Waals surface area contributed by atoms with Crippen molar-refractivity contribution in [3.05, 3.63) is 58.7 Å². The first kappa shape index (κ1) is 21.7. The number of thiophene rings is 1. The van der Waals surface area contributed by atoms with E-state index in [2.05, 4.69) is 4.90 Å². The van der Waals surface area contributed by atoms with Crippen LogP contribution >= 0.6 is 11.3 Å². The predicted octanol–water partition coefficient (Wildman–Crippen LogP) is 5.11. The van der Waals surface area contributed by atoms with E-state index in [1.165, 1.54) is 41.5 Å². The molecule has 6 nitrogen and oxygen atoms in total. The van der Waals surface area contributed by atoms with E-state index in [0.717, 1.165) is 40.1 Å². The monoisotopic (exact) mass is 504 g/mol. The summed E-state index contributed by atoms with van der Waals surface area (Å²) in [5.74, 6) is 2.52. The van der Waals surface area contributed by atoms with Crippen LogP contribution in [0, 0.1) is 0 Å². The minimum atomic E-state index is -3.54. The molecule has 3 aliphatic rings. The Morgan fingerprint density at radius 2 is 1.66 bits per heavy atom. The largest absolute Gasteiger partial charge is 0.353 e. The lowest BCUT2D eigenvalue weighted by atomic mass is 9.97. The maximum Gasteiger partial charge on any atom is 0.243 e. The summed E-state index contributed by atoms with van der Waals surface area (Å²) in [6.45, 7) is 2.22. The Morgan fingerprint density at radius 1 is 0.886 bits per heavy atom. The smallest absolute Gasteiger partial charge is 0.243 e. The highest BCUT2D eigenvalue weighted by Gasteiger charge is 2.33. The average molecular weight is 505 g/mol. The lowest BCUT2D eigenvalue weighted by Crippen LogP contribution is -2.49. The third kappa shape index (κ3) is 3.74. The van der Waals surface area contributed by atoms with Gasteiger partial charge in [-0.2, -0.15) is 4.31 Å². The standard InChI is InChI=1S/C27H28N4O2S2/c32-35(33,21-12-11-18-5-1-2-6-20(18)17-21)31-15-13-30(14-16-31)26-24-22-7-3-4-8-23(22)34-27(24)29-25(28-26)19-9-10-19/h1-2,5-6,11-12,17,19H,3-4,7-10,13-16H2. The highest BCUT2D eigenvalue weighted by molar-refractivity contribution is 7.89. The van der Waals surface area contributed by atoms with Crippen LogP contribution in [0.5, 0.6) is 0 Å². The van der Waals surface area contributed by atoms with Gasteiger partial charge >= 0.3 is 0 Å². The first-order valence-corrected chi connectivity index (χ1v) is 14.9. The van der Waals surface area contributed by atoms with E-state index < -0.39 is 10.0 Å². The summed E-state index contributed by atoms with van der Waals surface area (Å²) in [5.41, 5.74) is 1.44. The molecule has 0 unspecified atom stereocenters. The van der Waals surface area contributed by atoms with Crippen LogP contribution in [0.25, 0.3) is 21.0 Å². The third-order valence-corrected chi connectivity index (χ3v) is 10.7. The number of piperazine rings is 1. The van der Waals surface area contributed by atoms with Crippen LogP contribution in [-0.2, 0) is 22.9 Å². The summed E-state index contributed by atoms with van der Waals surface area (Å²) < 4.78 is 28.6. The first-order valence-electron chi connectivity index (χ1n) is 12.6. The van der Waals surface area contributed by atoms with E-state index >= 15 is 0 Å². The van der Waals surface area contributed by atoms with Crippen molar-refractivity contribution in [2.45, 2.75) is 49.3 Å². The number of benzene rings is 2. The first-order chi connectivity index (χ1) is 17.1. The SMILES string of the molecule is O=S(=O)(c1ccc2ccccc2c1)N1CCN(c2nc(C3CC3)nc3sc4c(c23)CCCC4)CC1. The zero-order valence-corrected chi connectivity index (χ0v) is 21.2. The number of fused-ring (bicyclic) bond motifs is 4. The Kier molecular flexibility index (Phi) is 5.12. The lowest BCUT2D eigenvalue weighted by molar-refractivity contribution is 0.384. The van der Waals surface area contributed by atoms with Crippen LogP contribution in [-0.4, -0.2) is 48.9 Å². The topological polar surface area (TPSA) is 66.4 Å². The van der Waals surface area contributed by atoms with Gasteiger partial charge in [0.25, 0.3) is 0 Å². The predicted molar refractivity (Wildman–Crippen MR) is 141 cm³/mol. The second-order valence-electron chi connectivity index (χ2n) is 9.97. The van der Waals surface area contributed by atoms with Gasteiger partial charge in [-0.1, -0.05) is 30.3 Å². The Balaban J connectivity index is 1.19. The Hall–Kier alpha value is -2.55. The zero-order valence-electron chi connectivity index (χ0n) is 19.6. The minimum absolute atomic E-state index is 0.372. The van der Waals surface area contributed by atoms with E-state index in [0.29, 0.717) is 37.0 Å². The van der Waals surface area contributed by atoms with Crippen LogP contribution in [0.15, 0.2) is 47.4 Å². The summed E-state index contributed by atoms with van der Waals surface area (Å²) in [5, 5.41) is 3.24. The summed E-state index contributed by atoms with van der Waals surface area (Å²) >= 11 is 1.86.